The van der Waals surface area contributed by atoms with Gasteiger partial charge in [0.15, 0.2) is 0 Å². The summed E-state index contributed by atoms with van der Waals surface area (Å²) in [7, 11) is 0. The SMILES string of the molecule is Oc1ccc2c(c1)CCN(CCCCc1ccccc1[18F])C[C@@H]2O. The minimum atomic E-state index is -0.519. The van der Waals surface area contributed by atoms with E-state index in [-0.39, 0.29) is 11.6 Å². The van der Waals surface area contributed by atoms with Crippen LogP contribution in [0.25, 0.3) is 0 Å². The highest BCUT2D eigenvalue weighted by atomic mass is 18.2. The minimum absolute atomic E-state index is 0.127. The van der Waals surface area contributed by atoms with Crippen LogP contribution in [0, 0.1) is 5.82 Å². The molecule has 128 valence electrons. The van der Waals surface area contributed by atoms with Crippen molar-refractivity contribution < 1.29 is 14.6 Å². The fourth-order valence-corrected chi connectivity index (χ4v) is 3.40. The second-order valence-corrected chi connectivity index (χ2v) is 6.50. The van der Waals surface area contributed by atoms with Crippen molar-refractivity contribution in [3.05, 3.63) is 65.0 Å². The maximum Gasteiger partial charge on any atom is 0.126 e. The number of nitrogens with zero attached hydrogens (tertiary/aromatic N) is 1. The highest BCUT2D eigenvalue weighted by Gasteiger charge is 2.21. The zero-order chi connectivity index (χ0) is 16.9. The standard InChI is InChI=1S/C20H24FNO2/c21-19-7-2-1-5-15(19)6-3-4-11-22-12-10-16-13-17(23)8-9-18(16)20(24)14-22/h1-2,5,7-9,13,20,23-24H,3-4,6,10-12,14H2/t20-/m0/s1/i21-1. The Labute approximate surface area is 142 Å². The van der Waals surface area contributed by atoms with Crippen LogP contribution in [0.4, 0.5) is 4.39 Å². The van der Waals surface area contributed by atoms with Crippen molar-refractivity contribution in [3.63, 3.8) is 0 Å². The summed E-state index contributed by atoms with van der Waals surface area (Å²) >= 11 is 0. The van der Waals surface area contributed by atoms with E-state index in [0.29, 0.717) is 6.54 Å². The van der Waals surface area contributed by atoms with Gasteiger partial charge in [-0.1, -0.05) is 24.3 Å². The Morgan fingerprint density at radius 3 is 2.79 bits per heavy atom. The fraction of sp³-hybridized carbons (Fsp3) is 0.400. The first kappa shape index (κ1) is 16.9. The number of aliphatic hydroxyl groups excluding tert-OH is 1. The molecule has 0 spiro atoms. The van der Waals surface area contributed by atoms with Gasteiger partial charge in [0, 0.05) is 13.1 Å². The molecule has 4 heteroatoms. The number of halogens is 1. The average molecular weight is 328 g/mol. The number of hydrogen-bond donors (Lipinski definition) is 2. The first-order valence-corrected chi connectivity index (χ1v) is 8.59. The molecule has 0 saturated carbocycles. The Hall–Kier alpha value is -1.91. The van der Waals surface area contributed by atoms with Crippen molar-refractivity contribution in [1.29, 1.82) is 0 Å². The predicted molar refractivity (Wildman–Crippen MR) is 92.5 cm³/mol. The number of phenols is 1. The van der Waals surface area contributed by atoms with Gasteiger partial charge in [0.05, 0.1) is 6.10 Å². The van der Waals surface area contributed by atoms with Gasteiger partial charge in [-0.05, 0) is 67.1 Å². The van der Waals surface area contributed by atoms with Crippen molar-refractivity contribution in [2.45, 2.75) is 31.8 Å². The van der Waals surface area contributed by atoms with Gasteiger partial charge in [-0.2, -0.15) is 0 Å². The Balaban J connectivity index is 1.50. The molecule has 1 heterocycles. The maximum atomic E-state index is 13.6. The molecule has 2 aromatic carbocycles. The molecular formula is C20H24FNO2. The zero-order valence-corrected chi connectivity index (χ0v) is 13.8. The van der Waals surface area contributed by atoms with Crippen molar-refractivity contribution in [2.75, 3.05) is 19.6 Å². The van der Waals surface area contributed by atoms with Crippen molar-refractivity contribution in [1.82, 2.24) is 4.90 Å². The van der Waals surface area contributed by atoms with Crippen LogP contribution < -0.4 is 0 Å². The molecule has 0 saturated heterocycles. The maximum absolute atomic E-state index is 13.6. The van der Waals surface area contributed by atoms with Gasteiger partial charge in [-0.25, -0.2) is 4.39 Å². The Morgan fingerprint density at radius 2 is 1.96 bits per heavy atom. The summed E-state index contributed by atoms with van der Waals surface area (Å²) in [6, 6.07) is 12.1. The number of rotatable bonds is 5. The lowest BCUT2D eigenvalue weighted by molar-refractivity contribution is 0.119. The summed E-state index contributed by atoms with van der Waals surface area (Å²) < 4.78 is 13.6. The van der Waals surface area contributed by atoms with E-state index in [4.69, 9.17) is 0 Å². The molecule has 24 heavy (non-hydrogen) atoms. The molecule has 0 radical (unpaired) electrons. The molecule has 1 aliphatic rings. The number of aryl methyl sites for hydroxylation is 1. The fourth-order valence-electron chi connectivity index (χ4n) is 3.40. The summed E-state index contributed by atoms with van der Waals surface area (Å²) in [4.78, 5) is 2.25. The molecule has 0 bridgehead atoms. The summed E-state index contributed by atoms with van der Waals surface area (Å²) in [6.45, 7) is 2.37. The third kappa shape index (κ3) is 4.13. The molecule has 1 atom stereocenters. The highest BCUT2D eigenvalue weighted by Crippen LogP contribution is 2.27. The zero-order valence-electron chi connectivity index (χ0n) is 13.8. The number of hydrogen-bond acceptors (Lipinski definition) is 3. The van der Waals surface area contributed by atoms with E-state index in [9.17, 15) is 14.6 Å². The summed E-state index contributed by atoms with van der Waals surface area (Å²) in [5.41, 5.74) is 2.72. The van der Waals surface area contributed by atoms with Gasteiger partial charge in [-0.3, -0.25) is 0 Å². The number of fused-ring (bicyclic) bond motifs is 1. The van der Waals surface area contributed by atoms with Gasteiger partial charge in [0.2, 0.25) is 0 Å². The molecule has 2 aromatic rings. The minimum Gasteiger partial charge on any atom is -0.508 e. The molecule has 0 amide bonds. The largest absolute Gasteiger partial charge is 0.508 e. The van der Waals surface area contributed by atoms with Crippen LogP contribution in [0.5, 0.6) is 5.75 Å². The molecule has 2 N–H and O–H groups in total. The van der Waals surface area contributed by atoms with Gasteiger partial charge in [0.25, 0.3) is 0 Å². The van der Waals surface area contributed by atoms with Crippen molar-refractivity contribution in [2.24, 2.45) is 0 Å². The van der Waals surface area contributed by atoms with Crippen LogP contribution in [0.3, 0.4) is 0 Å². The quantitative estimate of drug-likeness (QED) is 0.826. The Bertz CT molecular complexity index is 689. The van der Waals surface area contributed by atoms with E-state index >= 15 is 0 Å². The predicted octanol–water partition coefficient (Wildman–Crippen LogP) is 3.45. The summed E-state index contributed by atoms with van der Waals surface area (Å²) in [6.07, 6.45) is 2.96. The number of unbranched alkanes of at least 4 members (excludes halogenated alkanes) is 1. The van der Waals surface area contributed by atoms with E-state index in [0.717, 1.165) is 55.5 Å². The monoisotopic (exact) mass is 328 g/mol. The van der Waals surface area contributed by atoms with E-state index in [2.05, 4.69) is 4.90 Å². The normalized spacial score (nSPS) is 18.2. The van der Waals surface area contributed by atoms with Gasteiger partial charge in [0.1, 0.15) is 11.6 Å². The molecule has 0 aromatic heterocycles. The van der Waals surface area contributed by atoms with Gasteiger partial charge in [-0.15, -0.1) is 0 Å². The van der Waals surface area contributed by atoms with Gasteiger partial charge < -0.3 is 15.1 Å². The number of β-amino-alcohol motifs (C(OH)–C–C–N with tert-alkyl or cyclic N) is 1. The van der Waals surface area contributed by atoms with Gasteiger partial charge >= 0.3 is 0 Å². The molecule has 0 unspecified atom stereocenters. The number of benzene rings is 2. The van der Waals surface area contributed by atoms with Crippen LogP contribution in [0.15, 0.2) is 42.5 Å². The van der Waals surface area contributed by atoms with Crippen LogP contribution in [0.2, 0.25) is 0 Å². The molecule has 0 fully saturated rings. The number of phenolic OH excluding ortho intramolecular Hbond substituents is 1. The van der Waals surface area contributed by atoms with Crippen LogP contribution in [-0.4, -0.2) is 34.7 Å². The van der Waals surface area contributed by atoms with E-state index < -0.39 is 6.10 Å². The van der Waals surface area contributed by atoms with E-state index in [1.807, 2.05) is 18.2 Å². The average Bonchev–Trinajstić information content (AvgIpc) is 2.72. The van der Waals surface area contributed by atoms with Crippen LogP contribution >= 0.6 is 0 Å². The smallest absolute Gasteiger partial charge is 0.126 e. The highest BCUT2D eigenvalue weighted by molar-refractivity contribution is 5.37. The first-order valence-electron chi connectivity index (χ1n) is 8.59. The van der Waals surface area contributed by atoms with E-state index in [1.165, 1.54) is 6.07 Å². The van der Waals surface area contributed by atoms with Crippen LogP contribution in [0.1, 0.15) is 35.6 Å². The molecule has 3 rings (SSSR count). The first-order chi connectivity index (χ1) is 11.6. The molecule has 3 nitrogen and oxygen atoms in total. The Kier molecular flexibility index (Phi) is 5.48. The third-order valence-corrected chi connectivity index (χ3v) is 4.74. The Morgan fingerprint density at radius 1 is 1.12 bits per heavy atom. The number of aliphatic hydroxyl groups is 1. The second-order valence-electron chi connectivity index (χ2n) is 6.50. The topological polar surface area (TPSA) is 43.7 Å². The lowest BCUT2D eigenvalue weighted by Gasteiger charge is -2.22. The van der Waals surface area contributed by atoms with E-state index in [1.54, 1.807) is 18.2 Å². The second kappa shape index (κ2) is 7.77. The van der Waals surface area contributed by atoms with Crippen LogP contribution in [-0.2, 0) is 12.8 Å². The molecule has 0 aliphatic carbocycles. The third-order valence-electron chi connectivity index (χ3n) is 4.74. The van der Waals surface area contributed by atoms with Crippen molar-refractivity contribution >= 4 is 0 Å². The summed E-state index contributed by atoms with van der Waals surface area (Å²) in [5.74, 6) is 0.122. The number of aromatic hydroxyl groups is 1. The van der Waals surface area contributed by atoms with Crippen molar-refractivity contribution in [3.8, 4) is 5.75 Å². The molecular weight excluding hydrogens is 304 g/mol. The summed E-state index contributed by atoms with van der Waals surface area (Å²) in [5, 5.41) is 20.0. The molecule has 1 aliphatic heterocycles. The lowest BCUT2D eigenvalue weighted by Crippen LogP contribution is -2.29. The lowest BCUT2D eigenvalue weighted by atomic mass is 10.0.